The lowest BCUT2D eigenvalue weighted by Crippen LogP contribution is -2.10. The first-order valence-electron chi connectivity index (χ1n) is 8.90. The molecule has 0 unspecified atom stereocenters. The summed E-state index contributed by atoms with van der Waals surface area (Å²) in [4.78, 5) is 14.0. The van der Waals surface area contributed by atoms with Crippen molar-refractivity contribution < 1.29 is 9.47 Å². The summed E-state index contributed by atoms with van der Waals surface area (Å²) in [6.45, 7) is 10.1. The molecule has 3 heterocycles. The van der Waals surface area contributed by atoms with Gasteiger partial charge in [0.1, 0.15) is 24.6 Å². The average Bonchev–Trinajstić information content (AvgIpc) is 3.16. The molecule has 5 heteroatoms. The minimum absolute atomic E-state index is 0.237. The van der Waals surface area contributed by atoms with Crippen molar-refractivity contribution in [2.45, 2.75) is 52.6 Å². The molecule has 0 bridgehead atoms. The number of hydrogen-bond donors (Lipinski definition) is 0. The van der Waals surface area contributed by atoms with Crippen LogP contribution in [0.5, 0.6) is 0 Å². The molecule has 0 amide bonds. The zero-order valence-electron chi connectivity index (χ0n) is 15.0. The molecule has 2 aliphatic heterocycles. The van der Waals surface area contributed by atoms with Crippen LogP contribution in [0, 0.1) is 11.8 Å². The highest BCUT2D eigenvalue weighted by Crippen LogP contribution is 2.19. The van der Waals surface area contributed by atoms with Gasteiger partial charge in [0.15, 0.2) is 0 Å². The molecule has 0 aliphatic carbocycles. The maximum Gasteiger partial charge on any atom is 0.235 e. The second-order valence-electron chi connectivity index (χ2n) is 7.47. The summed E-state index contributed by atoms with van der Waals surface area (Å²) in [6, 6.07) is 6.30. The Labute approximate surface area is 144 Å². The molecule has 5 nitrogen and oxygen atoms in total. The number of rotatable bonds is 6. The molecule has 3 rings (SSSR count). The van der Waals surface area contributed by atoms with E-state index in [0.29, 0.717) is 36.8 Å². The number of nitrogens with zero attached hydrogens (tertiary/aromatic N) is 3. The summed E-state index contributed by atoms with van der Waals surface area (Å²) in [6.07, 6.45) is 2.08. The second kappa shape index (κ2) is 7.32. The summed E-state index contributed by atoms with van der Waals surface area (Å²) >= 11 is 0. The van der Waals surface area contributed by atoms with Crippen LogP contribution in [-0.4, -0.2) is 42.1 Å². The van der Waals surface area contributed by atoms with E-state index in [-0.39, 0.29) is 12.1 Å². The third-order valence-corrected chi connectivity index (χ3v) is 4.10. The number of ether oxygens (including phenoxy) is 2. The lowest BCUT2D eigenvalue weighted by Gasteiger charge is -2.06. The van der Waals surface area contributed by atoms with Crippen LogP contribution in [0.3, 0.4) is 0 Å². The van der Waals surface area contributed by atoms with Crippen LogP contribution >= 0.6 is 0 Å². The van der Waals surface area contributed by atoms with Gasteiger partial charge in [-0.2, -0.15) is 0 Å². The largest absolute Gasteiger partial charge is 0.474 e. The van der Waals surface area contributed by atoms with Crippen molar-refractivity contribution in [2.75, 3.05) is 13.2 Å². The van der Waals surface area contributed by atoms with Crippen molar-refractivity contribution in [3.05, 3.63) is 29.6 Å². The van der Waals surface area contributed by atoms with Crippen molar-refractivity contribution in [3.8, 4) is 0 Å². The fourth-order valence-electron chi connectivity index (χ4n) is 3.11. The molecule has 24 heavy (non-hydrogen) atoms. The number of aromatic nitrogens is 1. The van der Waals surface area contributed by atoms with Gasteiger partial charge in [-0.3, -0.25) is 0 Å². The van der Waals surface area contributed by atoms with E-state index in [0.717, 1.165) is 24.2 Å². The van der Waals surface area contributed by atoms with E-state index < -0.39 is 0 Å². The molecule has 2 atom stereocenters. The van der Waals surface area contributed by atoms with Crippen molar-refractivity contribution >= 4 is 11.8 Å². The van der Waals surface area contributed by atoms with Crippen LogP contribution in [0.4, 0.5) is 0 Å². The van der Waals surface area contributed by atoms with Crippen LogP contribution in [-0.2, 0) is 9.47 Å². The highest BCUT2D eigenvalue weighted by molar-refractivity contribution is 5.97. The van der Waals surface area contributed by atoms with Crippen LogP contribution < -0.4 is 0 Å². The van der Waals surface area contributed by atoms with E-state index in [1.54, 1.807) is 0 Å². The van der Waals surface area contributed by atoms with Gasteiger partial charge in [-0.25, -0.2) is 15.0 Å². The van der Waals surface area contributed by atoms with E-state index in [9.17, 15) is 0 Å². The molecule has 0 spiro atoms. The summed E-state index contributed by atoms with van der Waals surface area (Å²) in [5, 5.41) is 0. The van der Waals surface area contributed by atoms with Gasteiger partial charge in [0, 0.05) is 0 Å². The fraction of sp³-hybridized carbons (Fsp3) is 0.632. The third kappa shape index (κ3) is 4.13. The molecule has 0 N–H and O–H groups in total. The van der Waals surface area contributed by atoms with Crippen LogP contribution in [0.25, 0.3) is 0 Å². The maximum atomic E-state index is 5.75. The molecule has 1 aromatic heterocycles. The molecular weight excluding hydrogens is 302 g/mol. The van der Waals surface area contributed by atoms with E-state index in [1.165, 1.54) is 0 Å². The molecule has 0 radical (unpaired) electrons. The predicted octanol–water partition coefficient (Wildman–Crippen LogP) is 3.46. The van der Waals surface area contributed by atoms with E-state index in [2.05, 4.69) is 42.7 Å². The smallest absolute Gasteiger partial charge is 0.235 e. The standard InChI is InChI=1S/C19H27N3O2/c1-12(2)8-14-10-23-18(20-14)16-6-5-7-17(22-16)19-21-15(11-24-19)9-13(3)4/h5-7,12-15H,8-11H2,1-4H3/t14-,15-/m0/s1. The van der Waals surface area contributed by atoms with Crippen molar-refractivity contribution in [3.63, 3.8) is 0 Å². The number of pyridine rings is 1. The van der Waals surface area contributed by atoms with E-state index in [1.807, 2.05) is 18.2 Å². The highest BCUT2D eigenvalue weighted by atomic mass is 16.5. The van der Waals surface area contributed by atoms with Gasteiger partial charge >= 0.3 is 0 Å². The van der Waals surface area contributed by atoms with Gasteiger partial charge in [0.25, 0.3) is 0 Å². The fourth-order valence-corrected chi connectivity index (χ4v) is 3.11. The quantitative estimate of drug-likeness (QED) is 0.803. The molecule has 0 aromatic carbocycles. The van der Waals surface area contributed by atoms with Gasteiger partial charge in [-0.15, -0.1) is 0 Å². The van der Waals surface area contributed by atoms with Crippen molar-refractivity contribution in [1.82, 2.24) is 4.98 Å². The van der Waals surface area contributed by atoms with Crippen LogP contribution in [0.1, 0.15) is 51.9 Å². The summed E-state index contributed by atoms with van der Waals surface area (Å²) in [5.74, 6) is 2.50. The van der Waals surface area contributed by atoms with Crippen LogP contribution in [0.2, 0.25) is 0 Å². The second-order valence-corrected chi connectivity index (χ2v) is 7.47. The molecule has 130 valence electrons. The summed E-state index contributed by atoms with van der Waals surface area (Å²) in [7, 11) is 0. The normalized spacial score (nSPS) is 23.2. The third-order valence-electron chi connectivity index (χ3n) is 4.10. The Balaban J connectivity index is 1.74. The Morgan fingerprint density at radius 1 is 0.875 bits per heavy atom. The minimum Gasteiger partial charge on any atom is -0.474 e. The first kappa shape index (κ1) is 16.9. The van der Waals surface area contributed by atoms with E-state index >= 15 is 0 Å². The molecule has 0 saturated carbocycles. The predicted molar refractivity (Wildman–Crippen MR) is 95.7 cm³/mol. The minimum atomic E-state index is 0.237. The summed E-state index contributed by atoms with van der Waals surface area (Å²) < 4.78 is 11.5. The van der Waals surface area contributed by atoms with Gasteiger partial charge in [-0.05, 0) is 36.8 Å². The van der Waals surface area contributed by atoms with E-state index in [4.69, 9.17) is 9.47 Å². The Kier molecular flexibility index (Phi) is 5.17. The van der Waals surface area contributed by atoms with Gasteiger partial charge < -0.3 is 9.47 Å². The van der Waals surface area contributed by atoms with Crippen molar-refractivity contribution in [1.29, 1.82) is 0 Å². The zero-order chi connectivity index (χ0) is 17.1. The molecule has 1 aromatic rings. The zero-order valence-corrected chi connectivity index (χ0v) is 15.0. The molecular formula is C19H27N3O2. The first-order chi connectivity index (χ1) is 11.5. The Hall–Kier alpha value is -1.91. The lowest BCUT2D eigenvalue weighted by atomic mass is 10.1. The lowest BCUT2D eigenvalue weighted by molar-refractivity contribution is 0.299. The van der Waals surface area contributed by atoms with Crippen LogP contribution in [0.15, 0.2) is 28.2 Å². The average molecular weight is 329 g/mol. The molecule has 2 aliphatic rings. The number of hydrogen-bond acceptors (Lipinski definition) is 5. The highest BCUT2D eigenvalue weighted by Gasteiger charge is 2.25. The molecule has 0 saturated heterocycles. The summed E-state index contributed by atoms with van der Waals surface area (Å²) in [5.41, 5.74) is 1.52. The topological polar surface area (TPSA) is 56.1 Å². The monoisotopic (exact) mass is 329 g/mol. The van der Waals surface area contributed by atoms with Gasteiger partial charge in [0.2, 0.25) is 11.8 Å². The van der Waals surface area contributed by atoms with Crippen molar-refractivity contribution in [2.24, 2.45) is 21.8 Å². The SMILES string of the molecule is CC(C)C[C@H]1COC(c2cccc(C3=N[C@@H](CC(C)C)CO3)n2)=N1. The van der Waals surface area contributed by atoms with Gasteiger partial charge in [-0.1, -0.05) is 33.8 Å². The molecule has 0 fully saturated rings. The van der Waals surface area contributed by atoms with Gasteiger partial charge in [0.05, 0.1) is 12.1 Å². The first-order valence-corrected chi connectivity index (χ1v) is 8.90. The Bertz CT molecular complexity index is 586. The Morgan fingerprint density at radius 3 is 1.75 bits per heavy atom. The Morgan fingerprint density at radius 2 is 1.33 bits per heavy atom. The maximum absolute atomic E-state index is 5.75. The number of aliphatic imine (C=N–C) groups is 2.